The van der Waals surface area contributed by atoms with Gasteiger partial charge < -0.3 is 4.42 Å². The topological polar surface area (TPSA) is 26.0 Å². The first kappa shape index (κ1) is 20.8. The van der Waals surface area contributed by atoms with Crippen LogP contribution in [0.5, 0.6) is 0 Å². The summed E-state index contributed by atoms with van der Waals surface area (Å²) in [5.41, 5.74) is 4.92. The molecule has 0 radical (unpaired) electrons. The molecule has 2 heterocycles. The molecule has 0 saturated carbocycles. The second-order valence-corrected chi connectivity index (χ2v) is 10.3. The summed E-state index contributed by atoms with van der Waals surface area (Å²) in [6.07, 6.45) is 0. The molecule has 0 aliphatic rings. The van der Waals surface area contributed by atoms with E-state index in [1.165, 1.54) is 37.7 Å². The molecule has 0 N–H and O–H groups in total. The third-order valence-electron chi connectivity index (χ3n) is 8.22. The summed E-state index contributed by atoms with van der Waals surface area (Å²) < 4.78 is 6.26. The highest BCUT2D eigenvalue weighted by Gasteiger charge is 2.17. The monoisotopic (exact) mass is 495 g/mol. The van der Waals surface area contributed by atoms with E-state index in [9.17, 15) is 0 Å². The number of benzene rings is 7. The van der Waals surface area contributed by atoms with E-state index in [0.717, 1.165) is 49.5 Å². The van der Waals surface area contributed by atoms with Gasteiger partial charge in [0.05, 0.1) is 11.2 Å². The minimum absolute atomic E-state index is 0.906. The average Bonchev–Trinajstić information content (AvgIpc) is 3.39. The number of furan rings is 1. The maximum atomic E-state index is 6.26. The standard InChI is InChI=1S/C37H21NO/c1-2-8-25-22(7-1)13-17-28-26-16-15-24(21-23(26)14-18-27(25)28)37-31-19-20-34-36(30-10-4-6-12-33(30)39-34)35(31)29-9-3-5-11-32(29)38-37/h1-21H. The molecule has 0 unspecified atom stereocenters. The molecule has 0 atom stereocenters. The molecule has 0 saturated heterocycles. The Bertz CT molecular complexity index is 2450. The van der Waals surface area contributed by atoms with Gasteiger partial charge in [-0.25, -0.2) is 4.98 Å². The van der Waals surface area contributed by atoms with E-state index in [0.29, 0.717) is 0 Å². The van der Waals surface area contributed by atoms with Crippen LogP contribution in [0.15, 0.2) is 132 Å². The van der Waals surface area contributed by atoms with Crippen LogP contribution in [0.3, 0.4) is 0 Å². The molecule has 2 nitrogen and oxygen atoms in total. The highest BCUT2D eigenvalue weighted by atomic mass is 16.3. The summed E-state index contributed by atoms with van der Waals surface area (Å²) in [4.78, 5) is 5.22. The molecular weight excluding hydrogens is 474 g/mol. The third-order valence-corrected chi connectivity index (χ3v) is 8.22. The number of hydrogen-bond acceptors (Lipinski definition) is 2. The van der Waals surface area contributed by atoms with Crippen molar-refractivity contribution < 1.29 is 4.42 Å². The summed E-state index contributed by atoms with van der Waals surface area (Å²) in [7, 11) is 0. The van der Waals surface area contributed by atoms with Gasteiger partial charge in [-0.2, -0.15) is 0 Å². The quantitative estimate of drug-likeness (QED) is 0.212. The Balaban J connectivity index is 1.37. The number of hydrogen-bond donors (Lipinski definition) is 0. The van der Waals surface area contributed by atoms with E-state index in [2.05, 4.69) is 115 Å². The van der Waals surface area contributed by atoms with Crippen molar-refractivity contribution in [3.05, 3.63) is 127 Å². The van der Waals surface area contributed by atoms with Crippen LogP contribution in [0.1, 0.15) is 0 Å². The van der Waals surface area contributed by atoms with Gasteiger partial charge in [0, 0.05) is 32.5 Å². The molecule has 0 aliphatic heterocycles. The minimum atomic E-state index is 0.906. The molecule has 0 fully saturated rings. The fraction of sp³-hybridized carbons (Fsp3) is 0. The first-order valence-electron chi connectivity index (χ1n) is 13.3. The molecule has 0 aliphatic carbocycles. The smallest absolute Gasteiger partial charge is 0.136 e. The zero-order valence-electron chi connectivity index (χ0n) is 21.0. The van der Waals surface area contributed by atoms with Crippen molar-refractivity contribution in [2.75, 3.05) is 0 Å². The van der Waals surface area contributed by atoms with Crippen molar-refractivity contribution in [3.63, 3.8) is 0 Å². The van der Waals surface area contributed by atoms with E-state index in [-0.39, 0.29) is 0 Å². The zero-order valence-corrected chi connectivity index (χ0v) is 21.0. The highest BCUT2D eigenvalue weighted by molar-refractivity contribution is 6.28. The molecule has 39 heavy (non-hydrogen) atoms. The number of fused-ring (bicyclic) bond motifs is 12. The first-order chi connectivity index (χ1) is 19.3. The van der Waals surface area contributed by atoms with Crippen LogP contribution in [0.4, 0.5) is 0 Å². The van der Waals surface area contributed by atoms with E-state index in [1.807, 2.05) is 12.1 Å². The largest absolute Gasteiger partial charge is 0.456 e. The van der Waals surface area contributed by atoms with Crippen LogP contribution in [0, 0.1) is 0 Å². The van der Waals surface area contributed by atoms with Gasteiger partial charge in [0.25, 0.3) is 0 Å². The fourth-order valence-electron chi connectivity index (χ4n) is 6.45. The first-order valence-corrected chi connectivity index (χ1v) is 13.3. The summed E-state index contributed by atoms with van der Waals surface area (Å²) in [6, 6.07) is 45.4. The summed E-state index contributed by atoms with van der Waals surface area (Å²) in [6.45, 7) is 0. The average molecular weight is 496 g/mol. The lowest BCUT2D eigenvalue weighted by Gasteiger charge is -2.13. The van der Waals surface area contributed by atoms with Crippen molar-refractivity contribution in [3.8, 4) is 11.3 Å². The van der Waals surface area contributed by atoms with Gasteiger partial charge in [-0.3, -0.25) is 0 Å². The van der Waals surface area contributed by atoms with E-state index >= 15 is 0 Å². The number of rotatable bonds is 1. The normalized spacial score (nSPS) is 12.1. The number of pyridine rings is 1. The van der Waals surface area contributed by atoms with Crippen LogP contribution >= 0.6 is 0 Å². The molecule has 2 heteroatoms. The molecule has 7 aromatic carbocycles. The van der Waals surface area contributed by atoms with E-state index in [1.54, 1.807) is 0 Å². The SMILES string of the molecule is c1ccc2c(c1)ccc1c3ccc(-c4nc5ccccc5c5c4ccc4oc6ccccc6c45)cc3ccc21. The Kier molecular flexibility index (Phi) is 4.08. The van der Waals surface area contributed by atoms with Crippen LogP contribution < -0.4 is 0 Å². The molecule has 2 aromatic heterocycles. The van der Waals surface area contributed by atoms with Gasteiger partial charge >= 0.3 is 0 Å². The highest BCUT2D eigenvalue weighted by Crippen LogP contribution is 2.42. The Morgan fingerprint density at radius 2 is 1.08 bits per heavy atom. The Morgan fingerprint density at radius 1 is 0.410 bits per heavy atom. The van der Waals surface area contributed by atoms with Crippen molar-refractivity contribution in [2.24, 2.45) is 0 Å². The van der Waals surface area contributed by atoms with E-state index in [4.69, 9.17) is 9.40 Å². The number of nitrogens with zero attached hydrogens (tertiary/aromatic N) is 1. The minimum Gasteiger partial charge on any atom is -0.456 e. The molecule has 0 amide bonds. The molecule has 0 bridgehead atoms. The summed E-state index contributed by atoms with van der Waals surface area (Å²) in [5, 5.41) is 13.4. The summed E-state index contributed by atoms with van der Waals surface area (Å²) >= 11 is 0. The van der Waals surface area contributed by atoms with Gasteiger partial charge in [0.15, 0.2) is 0 Å². The van der Waals surface area contributed by atoms with Gasteiger partial charge in [-0.05, 0) is 62.6 Å². The van der Waals surface area contributed by atoms with Gasteiger partial charge in [0.1, 0.15) is 11.2 Å². The molecule has 9 rings (SSSR count). The Labute approximate surface area is 223 Å². The lowest BCUT2D eigenvalue weighted by Crippen LogP contribution is -1.91. The lowest BCUT2D eigenvalue weighted by molar-refractivity contribution is 0.669. The maximum absolute atomic E-state index is 6.26. The second-order valence-electron chi connectivity index (χ2n) is 10.3. The number of aromatic nitrogens is 1. The van der Waals surface area contributed by atoms with Crippen LogP contribution in [0.2, 0.25) is 0 Å². The van der Waals surface area contributed by atoms with Crippen molar-refractivity contribution in [1.29, 1.82) is 0 Å². The van der Waals surface area contributed by atoms with Crippen LogP contribution in [0.25, 0.3) is 87.2 Å². The van der Waals surface area contributed by atoms with Crippen molar-refractivity contribution in [2.45, 2.75) is 0 Å². The molecule has 180 valence electrons. The molecule has 9 aromatic rings. The van der Waals surface area contributed by atoms with Gasteiger partial charge in [0.2, 0.25) is 0 Å². The van der Waals surface area contributed by atoms with Crippen LogP contribution in [-0.4, -0.2) is 4.98 Å². The maximum Gasteiger partial charge on any atom is 0.136 e. The zero-order chi connectivity index (χ0) is 25.5. The van der Waals surface area contributed by atoms with Gasteiger partial charge in [-0.15, -0.1) is 0 Å². The Morgan fingerprint density at radius 3 is 1.97 bits per heavy atom. The summed E-state index contributed by atoms with van der Waals surface area (Å²) in [5.74, 6) is 0. The molecule has 0 spiro atoms. The Hall–Kier alpha value is -5.21. The molecular formula is C37H21NO. The lowest BCUT2D eigenvalue weighted by atomic mass is 9.93. The van der Waals surface area contributed by atoms with Crippen LogP contribution in [-0.2, 0) is 0 Å². The fourth-order valence-corrected chi connectivity index (χ4v) is 6.45. The second kappa shape index (κ2) is 7.66. The number of para-hydroxylation sites is 2. The van der Waals surface area contributed by atoms with Crippen molar-refractivity contribution in [1.82, 2.24) is 4.98 Å². The third kappa shape index (κ3) is 2.89. The van der Waals surface area contributed by atoms with E-state index < -0.39 is 0 Å². The van der Waals surface area contributed by atoms with Gasteiger partial charge in [-0.1, -0.05) is 97.1 Å². The predicted molar refractivity (Wildman–Crippen MR) is 164 cm³/mol. The van der Waals surface area contributed by atoms with Crippen molar-refractivity contribution >= 4 is 75.9 Å². The predicted octanol–water partition coefficient (Wildman–Crippen LogP) is 10.4.